The molecule has 0 aliphatic heterocycles. The van der Waals surface area contributed by atoms with Gasteiger partial charge in [0.15, 0.2) is 5.82 Å². The lowest BCUT2D eigenvalue weighted by Gasteiger charge is -2.09. The number of fused-ring (bicyclic) bond motifs is 2. The topological polar surface area (TPSA) is 86.7 Å². The van der Waals surface area contributed by atoms with Gasteiger partial charge in [0.25, 0.3) is 5.91 Å². The minimum Gasteiger partial charge on any atom is -0.485 e. The second-order valence-electron chi connectivity index (χ2n) is 7.66. The number of rotatable bonds is 5. The number of para-hydroxylation sites is 1. The summed E-state index contributed by atoms with van der Waals surface area (Å²) >= 11 is 1.28. The summed E-state index contributed by atoms with van der Waals surface area (Å²) in [6.07, 6.45) is 3.17. The zero-order valence-electron chi connectivity index (χ0n) is 18.4. The monoisotopic (exact) mass is 478 g/mol. The van der Waals surface area contributed by atoms with Crippen LogP contribution in [0.2, 0.25) is 0 Å². The molecule has 0 aliphatic carbocycles. The Kier molecular flexibility index (Phi) is 5.36. The number of carbonyl (C=O) groups is 1. The van der Waals surface area contributed by atoms with E-state index in [1.54, 1.807) is 29.0 Å². The van der Waals surface area contributed by atoms with Crippen LogP contribution < -0.4 is 9.54 Å². The SMILES string of the molecule is O=C(c1ccncc1)n1c(=Nc2ccccc2)sc2nnc(COc3cccc4ccccc34)n21. The summed E-state index contributed by atoms with van der Waals surface area (Å²) in [6.45, 7) is 0.125. The van der Waals surface area contributed by atoms with E-state index >= 15 is 0 Å². The van der Waals surface area contributed by atoms with E-state index in [2.05, 4.69) is 15.2 Å². The Morgan fingerprint density at radius 1 is 0.886 bits per heavy atom. The predicted octanol–water partition coefficient (Wildman–Crippen LogP) is 4.64. The third-order valence-corrected chi connectivity index (χ3v) is 6.33. The molecule has 0 saturated carbocycles. The molecule has 0 spiro atoms. The Morgan fingerprint density at radius 3 is 2.51 bits per heavy atom. The van der Waals surface area contributed by atoms with E-state index in [0.29, 0.717) is 21.2 Å². The van der Waals surface area contributed by atoms with Gasteiger partial charge in [0, 0.05) is 23.3 Å². The smallest absolute Gasteiger partial charge is 0.279 e. The van der Waals surface area contributed by atoms with E-state index < -0.39 is 0 Å². The average Bonchev–Trinajstić information content (AvgIpc) is 3.47. The van der Waals surface area contributed by atoms with E-state index in [4.69, 9.17) is 9.73 Å². The molecule has 9 heteroatoms. The van der Waals surface area contributed by atoms with E-state index in [0.717, 1.165) is 22.2 Å². The highest BCUT2D eigenvalue weighted by Crippen LogP contribution is 2.26. The van der Waals surface area contributed by atoms with Gasteiger partial charge in [-0.25, -0.2) is 4.99 Å². The highest BCUT2D eigenvalue weighted by Gasteiger charge is 2.20. The molecule has 6 rings (SSSR count). The fourth-order valence-corrected chi connectivity index (χ4v) is 4.72. The largest absolute Gasteiger partial charge is 0.485 e. The molecule has 0 atom stereocenters. The molecule has 0 aliphatic rings. The molecule has 3 aromatic carbocycles. The van der Waals surface area contributed by atoms with Gasteiger partial charge >= 0.3 is 0 Å². The van der Waals surface area contributed by atoms with Crippen LogP contribution in [0.15, 0.2) is 102 Å². The average molecular weight is 479 g/mol. The van der Waals surface area contributed by atoms with Gasteiger partial charge in [0.1, 0.15) is 12.4 Å². The number of nitrogens with zero attached hydrogens (tertiary/aromatic N) is 6. The standard InChI is InChI=1S/C26H18N6O2S/c33-24(19-13-15-27-16-14-19)32-25(28-20-9-2-1-3-10-20)35-26-30-29-23(31(26)32)17-34-22-12-6-8-18-7-4-5-11-21(18)22/h1-16H,17H2. The third kappa shape index (κ3) is 3.98. The Balaban J connectivity index is 1.46. The maximum atomic E-state index is 13.6. The highest BCUT2D eigenvalue weighted by atomic mass is 32.1. The van der Waals surface area contributed by atoms with Crippen LogP contribution in [-0.2, 0) is 6.61 Å². The minimum absolute atomic E-state index is 0.125. The number of aromatic nitrogens is 5. The number of pyridine rings is 1. The number of carbonyl (C=O) groups excluding carboxylic acids is 1. The van der Waals surface area contributed by atoms with Crippen molar-refractivity contribution >= 4 is 38.7 Å². The summed E-state index contributed by atoms with van der Waals surface area (Å²) in [7, 11) is 0. The molecule has 8 nitrogen and oxygen atoms in total. The Morgan fingerprint density at radius 2 is 1.66 bits per heavy atom. The molecule has 0 fully saturated rings. The van der Waals surface area contributed by atoms with Crippen molar-refractivity contribution in [2.75, 3.05) is 0 Å². The van der Waals surface area contributed by atoms with Gasteiger partial charge in [-0.1, -0.05) is 65.9 Å². The number of hydrogen-bond acceptors (Lipinski definition) is 7. The lowest BCUT2D eigenvalue weighted by Crippen LogP contribution is -2.29. The van der Waals surface area contributed by atoms with E-state index in [1.165, 1.54) is 16.0 Å². The van der Waals surface area contributed by atoms with Crippen molar-refractivity contribution in [3.8, 4) is 5.75 Å². The van der Waals surface area contributed by atoms with Gasteiger partial charge in [0.2, 0.25) is 9.76 Å². The van der Waals surface area contributed by atoms with Crippen molar-refractivity contribution in [3.05, 3.63) is 114 Å². The van der Waals surface area contributed by atoms with Crippen LogP contribution in [0, 0.1) is 0 Å². The van der Waals surface area contributed by atoms with Crippen molar-refractivity contribution in [1.82, 2.24) is 24.4 Å². The molecule has 170 valence electrons. The number of benzene rings is 3. The maximum Gasteiger partial charge on any atom is 0.279 e. The van der Waals surface area contributed by atoms with Crippen LogP contribution in [0.1, 0.15) is 16.2 Å². The van der Waals surface area contributed by atoms with Crippen LogP contribution in [0.5, 0.6) is 5.75 Å². The molecular weight excluding hydrogens is 460 g/mol. The molecule has 3 heterocycles. The van der Waals surface area contributed by atoms with Crippen LogP contribution >= 0.6 is 11.3 Å². The van der Waals surface area contributed by atoms with Crippen LogP contribution in [0.4, 0.5) is 5.69 Å². The second kappa shape index (κ2) is 8.96. The molecule has 0 N–H and O–H groups in total. The van der Waals surface area contributed by atoms with Crippen LogP contribution in [0.3, 0.4) is 0 Å². The summed E-state index contributed by atoms with van der Waals surface area (Å²) in [5.74, 6) is 0.955. The molecule has 3 aromatic heterocycles. The Bertz CT molecular complexity index is 1720. The van der Waals surface area contributed by atoms with Crippen molar-refractivity contribution < 1.29 is 9.53 Å². The predicted molar refractivity (Wildman–Crippen MR) is 133 cm³/mol. The maximum absolute atomic E-state index is 13.6. The zero-order valence-corrected chi connectivity index (χ0v) is 19.2. The van der Waals surface area contributed by atoms with Crippen molar-refractivity contribution in [2.45, 2.75) is 6.61 Å². The molecule has 0 amide bonds. The Labute approximate surface area is 203 Å². The number of ether oxygens (including phenoxy) is 1. The zero-order chi connectivity index (χ0) is 23.6. The molecular formula is C26H18N6O2S. The molecule has 35 heavy (non-hydrogen) atoms. The molecule has 0 saturated heterocycles. The quantitative estimate of drug-likeness (QED) is 0.360. The lowest BCUT2D eigenvalue weighted by atomic mass is 10.1. The van der Waals surface area contributed by atoms with Crippen molar-refractivity contribution in [2.24, 2.45) is 4.99 Å². The first-order chi connectivity index (χ1) is 17.3. The first-order valence-electron chi connectivity index (χ1n) is 10.9. The molecule has 0 radical (unpaired) electrons. The highest BCUT2D eigenvalue weighted by molar-refractivity contribution is 7.14. The second-order valence-corrected chi connectivity index (χ2v) is 8.60. The third-order valence-electron chi connectivity index (χ3n) is 5.45. The van der Waals surface area contributed by atoms with E-state index in [1.807, 2.05) is 72.8 Å². The van der Waals surface area contributed by atoms with Gasteiger partial charge in [0.05, 0.1) is 5.69 Å². The fraction of sp³-hybridized carbons (Fsp3) is 0.0385. The summed E-state index contributed by atoms with van der Waals surface area (Å²) in [5, 5.41) is 10.7. The summed E-state index contributed by atoms with van der Waals surface area (Å²) in [4.78, 5) is 23.4. The summed E-state index contributed by atoms with van der Waals surface area (Å²) in [5.41, 5.74) is 1.21. The number of hydrogen-bond donors (Lipinski definition) is 0. The molecule has 0 bridgehead atoms. The summed E-state index contributed by atoms with van der Waals surface area (Å²) in [6, 6.07) is 26.7. The minimum atomic E-state index is -0.264. The van der Waals surface area contributed by atoms with Gasteiger partial charge < -0.3 is 4.74 Å². The summed E-state index contributed by atoms with van der Waals surface area (Å²) < 4.78 is 9.31. The first kappa shape index (κ1) is 20.9. The molecule has 0 unspecified atom stereocenters. The lowest BCUT2D eigenvalue weighted by molar-refractivity contribution is 0.0933. The van der Waals surface area contributed by atoms with Gasteiger partial charge in [-0.15, -0.1) is 10.2 Å². The molecule has 6 aromatic rings. The Hall–Kier alpha value is -4.63. The van der Waals surface area contributed by atoms with Crippen molar-refractivity contribution in [3.63, 3.8) is 0 Å². The van der Waals surface area contributed by atoms with Gasteiger partial charge in [-0.2, -0.15) is 9.20 Å². The first-order valence-corrected chi connectivity index (χ1v) is 11.7. The van der Waals surface area contributed by atoms with Crippen LogP contribution in [0.25, 0.3) is 15.7 Å². The van der Waals surface area contributed by atoms with Gasteiger partial charge in [-0.3, -0.25) is 9.78 Å². The normalized spacial score (nSPS) is 11.8. The van der Waals surface area contributed by atoms with E-state index in [-0.39, 0.29) is 12.5 Å². The van der Waals surface area contributed by atoms with E-state index in [9.17, 15) is 4.79 Å². The van der Waals surface area contributed by atoms with Crippen LogP contribution in [-0.4, -0.2) is 30.3 Å². The van der Waals surface area contributed by atoms with Gasteiger partial charge in [-0.05, 0) is 35.7 Å². The fourth-order valence-electron chi connectivity index (χ4n) is 3.80. The van der Waals surface area contributed by atoms with Crippen molar-refractivity contribution in [1.29, 1.82) is 0 Å².